The van der Waals surface area contributed by atoms with E-state index < -0.39 is 10.0 Å². The first-order valence-electron chi connectivity index (χ1n) is 9.92. The van der Waals surface area contributed by atoms with Crippen LogP contribution in [0.5, 0.6) is 5.75 Å². The number of carbonyl (C=O) groups excluding carboxylic acids is 1. The lowest BCUT2D eigenvalue weighted by molar-refractivity contribution is 0.0746. The van der Waals surface area contributed by atoms with E-state index in [4.69, 9.17) is 21.3 Å². The second kappa shape index (κ2) is 8.86. The van der Waals surface area contributed by atoms with Crippen molar-refractivity contribution in [2.24, 2.45) is 0 Å². The van der Waals surface area contributed by atoms with Gasteiger partial charge in [-0.1, -0.05) is 22.9 Å². The van der Waals surface area contributed by atoms with Crippen molar-refractivity contribution in [1.82, 2.24) is 14.2 Å². The van der Waals surface area contributed by atoms with Crippen molar-refractivity contribution < 1.29 is 17.9 Å². The van der Waals surface area contributed by atoms with E-state index in [9.17, 15) is 13.2 Å². The van der Waals surface area contributed by atoms with E-state index in [-0.39, 0.29) is 10.8 Å². The minimum atomic E-state index is -3.52. The summed E-state index contributed by atoms with van der Waals surface area (Å²) in [4.78, 5) is 21.7. The molecule has 0 atom stereocenters. The summed E-state index contributed by atoms with van der Waals surface area (Å²) in [6.45, 7) is 2.35. The average Bonchev–Trinajstić information content (AvgIpc) is 3.25. The number of aromatic nitrogens is 1. The molecule has 0 radical (unpaired) electrons. The molecule has 1 aliphatic rings. The number of hydrogen-bond donors (Lipinski definition) is 0. The predicted octanol–water partition coefficient (Wildman–Crippen LogP) is 3.17. The summed E-state index contributed by atoms with van der Waals surface area (Å²) in [6, 6.07) is 9.67. The molecule has 0 bridgehead atoms. The molecule has 8 nitrogen and oxygen atoms in total. The number of thiazole rings is 1. The lowest BCUT2D eigenvalue weighted by Crippen LogP contribution is -2.48. The molecule has 0 N–H and O–H groups in total. The van der Waals surface area contributed by atoms with Crippen LogP contribution in [0.15, 0.2) is 41.3 Å². The molecule has 0 unspecified atom stereocenters. The normalized spacial score (nSPS) is 14.9. The molecular formula is C21H23ClN4O4S2. The van der Waals surface area contributed by atoms with E-state index >= 15 is 0 Å². The number of nitrogens with zero attached hydrogens (tertiary/aromatic N) is 4. The Kier molecular flexibility index (Phi) is 6.30. The van der Waals surface area contributed by atoms with E-state index in [1.54, 1.807) is 36.3 Å². The Morgan fingerprint density at radius 2 is 1.75 bits per heavy atom. The third kappa shape index (κ3) is 4.15. The number of benzene rings is 2. The van der Waals surface area contributed by atoms with E-state index in [0.29, 0.717) is 42.5 Å². The zero-order valence-electron chi connectivity index (χ0n) is 17.9. The van der Waals surface area contributed by atoms with Crippen molar-refractivity contribution in [3.05, 3.63) is 47.0 Å². The predicted molar refractivity (Wildman–Crippen MR) is 127 cm³/mol. The molecule has 170 valence electrons. The van der Waals surface area contributed by atoms with Crippen LogP contribution in [0.2, 0.25) is 5.02 Å². The van der Waals surface area contributed by atoms with Crippen molar-refractivity contribution in [3.8, 4) is 5.75 Å². The first-order chi connectivity index (χ1) is 15.2. The molecule has 1 aromatic heterocycles. The molecule has 0 saturated carbocycles. The summed E-state index contributed by atoms with van der Waals surface area (Å²) in [5, 5.41) is 1.48. The van der Waals surface area contributed by atoms with Crippen molar-refractivity contribution in [2.75, 3.05) is 52.3 Å². The van der Waals surface area contributed by atoms with E-state index in [1.165, 1.54) is 37.6 Å². The lowest BCUT2D eigenvalue weighted by atomic mass is 10.2. The highest BCUT2D eigenvalue weighted by Crippen LogP contribution is 2.38. The summed E-state index contributed by atoms with van der Waals surface area (Å²) in [5.74, 6) is 0.563. The second-order valence-electron chi connectivity index (χ2n) is 7.51. The molecular weight excluding hydrogens is 472 g/mol. The van der Waals surface area contributed by atoms with Crippen LogP contribution >= 0.6 is 22.9 Å². The van der Waals surface area contributed by atoms with Gasteiger partial charge in [0.15, 0.2) is 5.13 Å². The number of ether oxygens (including phenoxy) is 1. The second-order valence-corrected chi connectivity index (χ2v) is 11.1. The third-order valence-corrected chi connectivity index (χ3v) is 8.79. The molecule has 3 aromatic rings. The SMILES string of the molecule is COc1ccc(Cl)c2sc(N3CCN(C(=O)c4ccc(S(=O)(=O)N(C)C)cc4)CC3)nc12. The van der Waals surface area contributed by atoms with Crippen LogP contribution in [-0.4, -0.2) is 75.9 Å². The zero-order valence-corrected chi connectivity index (χ0v) is 20.3. The van der Waals surface area contributed by atoms with Gasteiger partial charge in [-0.25, -0.2) is 17.7 Å². The first kappa shape index (κ1) is 22.8. The smallest absolute Gasteiger partial charge is 0.253 e. The van der Waals surface area contributed by atoms with E-state index in [0.717, 1.165) is 19.7 Å². The Labute approximate surface area is 196 Å². The molecule has 4 rings (SSSR count). The summed E-state index contributed by atoms with van der Waals surface area (Å²) in [6.07, 6.45) is 0. The topological polar surface area (TPSA) is 83.0 Å². The maximum absolute atomic E-state index is 12.9. The standard InChI is InChI=1S/C21H23ClN4O4S2/c1-24(2)32(28,29)15-6-4-14(5-7-15)20(27)25-10-12-26(13-11-25)21-23-18-17(30-3)9-8-16(22)19(18)31-21/h4-9H,10-13H2,1-3H3. The Morgan fingerprint density at radius 3 is 2.34 bits per heavy atom. The summed E-state index contributed by atoms with van der Waals surface area (Å²) in [5.41, 5.74) is 1.21. The number of sulfonamides is 1. The zero-order chi connectivity index (χ0) is 23.0. The highest BCUT2D eigenvalue weighted by Gasteiger charge is 2.25. The van der Waals surface area contributed by atoms with Gasteiger partial charge in [0.05, 0.1) is 21.7 Å². The Hall–Kier alpha value is -2.40. The Bertz CT molecular complexity index is 1250. The number of rotatable bonds is 5. The fourth-order valence-corrected chi connectivity index (χ4v) is 5.71. The number of carbonyl (C=O) groups is 1. The quantitative estimate of drug-likeness (QED) is 0.541. The van der Waals surface area contributed by atoms with E-state index in [2.05, 4.69) is 4.90 Å². The van der Waals surface area contributed by atoms with Crippen LogP contribution in [0.4, 0.5) is 5.13 Å². The maximum Gasteiger partial charge on any atom is 0.253 e. The highest BCUT2D eigenvalue weighted by molar-refractivity contribution is 7.89. The van der Waals surface area contributed by atoms with Gasteiger partial charge >= 0.3 is 0 Å². The fourth-order valence-electron chi connectivity index (χ4n) is 3.50. The molecule has 32 heavy (non-hydrogen) atoms. The lowest BCUT2D eigenvalue weighted by Gasteiger charge is -2.34. The minimum absolute atomic E-state index is 0.118. The average molecular weight is 495 g/mol. The number of methoxy groups -OCH3 is 1. The fraction of sp³-hybridized carbons (Fsp3) is 0.333. The number of amides is 1. The number of piperazine rings is 1. The van der Waals surface area contributed by atoms with Gasteiger partial charge < -0.3 is 14.5 Å². The number of hydrogen-bond acceptors (Lipinski definition) is 7. The van der Waals surface area contributed by atoms with Crippen molar-refractivity contribution >= 4 is 54.2 Å². The van der Waals surface area contributed by atoms with Crippen LogP contribution in [0.3, 0.4) is 0 Å². The largest absolute Gasteiger partial charge is 0.494 e. The number of halogens is 1. The molecule has 1 fully saturated rings. The van der Waals surface area contributed by atoms with Gasteiger partial charge in [0.1, 0.15) is 11.3 Å². The highest BCUT2D eigenvalue weighted by atomic mass is 35.5. The monoisotopic (exact) mass is 494 g/mol. The first-order valence-corrected chi connectivity index (χ1v) is 12.6. The van der Waals surface area contributed by atoms with E-state index in [1.807, 2.05) is 0 Å². The van der Waals surface area contributed by atoms with Crippen LogP contribution in [-0.2, 0) is 10.0 Å². The van der Waals surface area contributed by atoms with Gasteiger partial charge in [0, 0.05) is 45.8 Å². The van der Waals surface area contributed by atoms with Crippen LogP contribution in [0.25, 0.3) is 10.2 Å². The summed E-state index contributed by atoms with van der Waals surface area (Å²) in [7, 11) is 1.03. The Balaban J connectivity index is 1.45. The molecule has 2 aromatic carbocycles. The van der Waals surface area contributed by atoms with Crippen LogP contribution < -0.4 is 9.64 Å². The molecule has 11 heteroatoms. The van der Waals surface area contributed by atoms with Crippen molar-refractivity contribution in [1.29, 1.82) is 0 Å². The van der Waals surface area contributed by atoms with Gasteiger partial charge in [0.2, 0.25) is 10.0 Å². The third-order valence-electron chi connectivity index (χ3n) is 5.38. The molecule has 0 aliphatic carbocycles. The Morgan fingerprint density at radius 1 is 1.09 bits per heavy atom. The van der Waals surface area contributed by atoms with Gasteiger partial charge in [-0.2, -0.15) is 0 Å². The van der Waals surface area contributed by atoms with Crippen molar-refractivity contribution in [3.63, 3.8) is 0 Å². The molecule has 1 saturated heterocycles. The molecule has 1 amide bonds. The van der Waals surface area contributed by atoms with Crippen LogP contribution in [0.1, 0.15) is 10.4 Å². The molecule has 0 spiro atoms. The molecule has 1 aliphatic heterocycles. The summed E-state index contributed by atoms with van der Waals surface area (Å²) >= 11 is 7.84. The number of fused-ring (bicyclic) bond motifs is 1. The van der Waals surface area contributed by atoms with Gasteiger partial charge in [-0.05, 0) is 36.4 Å². The summed E-state index contributed by atoms with van der Waals surface area (Å²) < 4.78 is 31.9. The van der Waals surface area contributed by atoms with Gasteiger partial charge in [-0.3, -0.25) is 4.79 Å². The minimum Gasteiger partial charge on any atom is -0.494 e. The molecule has 2 heterocycles. The van der Waals surface area contributed by atoms with Gasteiger partial charge in [0.25, 0.3) is 5.91 Å². The van der Waals surface area contributed by atoms with Crippen LogP contribution in [0, 0.1) is 0 Å². The van der Waals surface area contributed by atoms with Crippen molar-refractivity contribution in [2.45, 2.75) is 4.90 Å². The maximum atomic E-state index is 12.9. The van der Waals surface area contributed by atoms with Gasteiger partial charge in [-0.15, -0.1) is 0 Å². The number of anilines is 1.